The van der Waals surface area contributed by atoms with Crippen molar-refractivity contribution in [2.24, 2.45) is 0 Å². The van der Waals surface area contributed by atoms with Crippen LogP contribution >= 0.6 is 0 Å². The largest absolute Gasteiger partial charge is 0.374 e. The SMILES string of the molecule is CCOCc1onc(-c2ccc(F)cc2)c1-c1ccnc(S(C)(=O)=O)n1. The Balaban J connectivity index is 2.17. The van der Waals surface area contributed by atoms with Crippen molar-refractivity contribution in [2.75, 3.05) is 12.9 Å². The minimum Gasteiger partial charge on any atom is -0.374 e. The summed E-state index contributed by atoms with van der Waals surface area (Å²) in [7, 11) is -3.58. The van der Waals surface area contributed by atoms with E-state index in [9.17, 15) is 12.8 Å². The summed E-state index contributed by atoms with van der Waals surface area (Å²) >= 11 is 0. The van der Waals surface area contributed by atoms with Gasteiger partial charge in [0, 0.05) is 24.6 Å². The van der Waals surface area contributed by atoms with Crippen molar-refractivity contribution in [3.05, 3.63) is 48.1 Å². The van der Waals surface area contributed by atoms with E-state index in [4.69, 9.17) is 9.26 Å². The van der Waals surface area contributed by atoms with E-state index in [0.29, 0.717) is 34.9 Å². The predicted octanol–water partition coefficient (Wildman–Crippen LogP) is 2.88. The molecule has 0 spiro atoms. The average Bonchev–Trinajstić information content (AvgIpc) is 3.04. The Labute approximate surface area is 149 Å². The fraction of sp³-hybridized carbons (Fsp3) is 0.235. The first-order valence-corrected chi connectivity index (χ1v) is 9.65. The number of ether oxygens (including phenoxy) is 1. The van der Waals surface area contributed by atoms with Gasteiger partial charge >= 0.3 is 0 Å². The highest BCUT2D eigenvalue weighted by Gasteiger charge is 2.22. The Morgan fingerprint density at radius 2 is 1.92 bits per heavy atom. The van der Waals surface area contributed by atoms with E-state index in [-0.39, 0.29) is 17.6 Å². The van der Waals surface area contributed by atoms with Gasteiger partial charge in [0.25, 0.3) is 0 Å². The van der Waals surface area contributed by atoms with Crippen LogP contribution in [0.1, 0.15) is 12.7 Å². The Kier molecular flexibility index (Phi) is 5.10. The topological polar surface area (TPSA) is 95.2 Å². The molecule has 0 saturated heterocycles. The third-order valence-electron chi connectivity index (χ3n) is 3.54. The number of halogens is 1. The first-order chi connectivity index (χ1) is 12.4. The second kappa shape index (κ2) is 7.30. The summed E-state index contributed by atoms with van der Waals surface area (Å²) < 4.78 is 47.6. The summed E-state index contributed by atoms with van der Waals surface area (Å²) in [6.45, 7) is 2.44. The molecule has 0 aliphatic rings. The molecule has 0 aliphatic heterocycles. The summed E-state index contributed by atoms with van der Waals surface area (Å²) in [5, 5.41) is 3.75. The molecule has 1 aromatic carbocycles. The van der Waals surface area contributed by atoms with Gasteiger partial charge in [-0.2, -0.15) is 0 Å². The minimum absolute atomic E-state index is 0.137. The molecule has 0 atom stereocenters. The molecule has 3 rings (SSSR count). The smallest absolute Gasteiger partial charge is 0.247 e. The number of hydrogen-bond acceptors (Lipinski definition) is 7. The molecule has 26 heavy (non-hydrogen) atoms. The van der Waals surface area contributed by atoms with Gasteiger partial charge in [0.05, 0.1) is 11.3 Å². The normalized spacial score (nSPS) is 11.7. The third kappa shape index (κ3) is 3.78. The monoisotopic (exact) mass is 377 g/mol. The molecule has 2 heterocycles. The highest BCUT2D eigenvalue weighted by Crippen LogP contribution is 2.34. The van der Waals surface area contributed by atoms with E-state index in [0.717, 1.165) is 6.26 Å². The third-order valence-corrected chi connectivity index (χ3v) is 4.40. The van der Waals surface area contributed by atoms with Gasteiger partial charge in [0.2, 0.25) is 15.0 Å². The van der Waals surface area contributed by atoms with Gasteiger partial charge in [-0.25, -0.2) is 22.8 Å². The van der Waals surface area contributed by atoms with E-state index in [1.165, 1.54) is 18.3 Å². The van der Waals surface area contributed by atoms with Crippen LogP contribution in [0.2, 0.25) is 0 Å². The fourth-order valence-corrected chi connectivity index (χ4v) is 2.86. The number of aromatic nitrogens is 3. The van der Waals surface area contributed by atoms with Gasteiger partial charge in [-0.3, -0.25) is 0 Å². The second-order valence-corrected chi connectivity index (χ2v) is 7.38. The molecular weight excluding hydrogens is 361 g/mol. The first kappa shape index (κ1) is 18.2. The highest BCUT2D eigenvalue weighted by atomic mass is 32.2. The Morgan fingerprint density at radius 3 is 2.58 bits per heavy atom. The molecule has 0 amide bonds. The molecule has 0 radical (unpaired) electrons. The quantitative estimate of drug-likeness (QED) is 0.610. The molecule has 3 aromatic rings. The molecular formula is C17H16FN3O4S. The Bertz CT molecular complexity index is 1020. The molecule has 0 bridgehead atoms. The van der Waals surface area contributed by atoms with Crippen LogP contribution in [-0.4, -0.2) is 36.4 Å². The maximum Gasteiger partial charge on any atom is 0.247 e. The highest BCUT2D eigenvalue weighted by molar-refractivity contribution is 7.90. The predicted molar refractivity (Wildman–Crippen MR) is 91.4 cm³/mol. The van der Waals surface area contributed by atoms with Crippen LogP contribution in [0.3, 0.4) is 0 Å². The van der Waals surface area contributed by atoms with Crippen LogP contribution < -0.4 is 0 Å². The molecule has 0 fully saturated rings. The molecule has 0 aliphatic carbocycles. The van der Waals surface area contributed by atoms with E-state index in [1.54, 1.807) is 18.2 Å². The van der Waals surface area contributed by atoms with Crippen LogP contribution in [0.25, 0.3) is 22.5 Å². The second-order valence-electron chi connectivity index (χ2n) is 5.47. The standard InChI is InChI=1S/C17H16FN3O4S/c1-3-24-10-14-15(13-8-9-19-17(20-13)26(2,22)23)16(21-25-14)11-4-6-12(18)7-5-11/h4-9H,3,10H2,1-2H3. The van der Waals surface area contributed by atoms with Gasteiger partial charge in [-0.05, 0) is 37.3 Å². The summed E-state index contributed by atoms with van der Waals surface area (Å²) in [6, 6.07) is 7.28. The average molecular weight is 377 g/mol. The zero-order chi connectivity index (χ0) is 18.7. The van der Waals surface area contributed by atoms with Crippen LogP contribution in [-0.2, 0) is 21.2 Å². The molecule has 136 valence electrons. The lowest BCUT2D eigenvalue weighted by atomic mass is 10.0. The van der Waals surface area contributed by atoms with Crippen molar-refractivity contribution in [2.45, 2.75) is 18.7 Å². The Hall–Kier alpha value is -2.65. The maximum atomic E-state index is 13.2. The summed E-state index contributed by atoms with van der Waals surface area (Å²) in [5.41, 5.74) is 1.83. The van der Waals surface area contributed by atoms with Crippen molar-refractivity contribution in [1.82, 2.24) is 15.1 Å². The van der Waals surface area contributed by atoms with Crippen molar-refractivity contribution in [3.63, 3.8) is 0 Å². The fourth-order valence-electron chi connectivity index (χ4n) is 2.35. The number of benzene rings is 1. The molecule has 0 unspecified atom stereocenters. The van der Waals surface area contributed by atoms with E-state index < -0.39 is 9.84 Å². The van der Waals surface area contributed by atoms with Crippen molar-refractivity contribution >= 4 is 9.84 Å². The number of rotatable bonds is 6. The number of nitrogens with zero attached hydrogens (tertiary/aromatic N) is 3. The summed E-state index contributed by atoms with van der Waals surface area (Å²) in [4.78, 5) is 7.93. The minimum atomic E-state index is -3.58. The van der Waals surface area contributed by atoms with Crippen LogP contribution in [0.4, 0.5) is 4.39 Å². The van der Waals surface area contributed by atoms with E-state index in [2.05, 4.69) is 15.1 Å². The maximum absolute atomic E-state index is 13.2. The molecule has 9 heteroatoms. The number of sulfone groups is 1. The van der Waals surface area contributed by atoms with E-state index >= 15 is 0 Å². The van der Waals surface area contributed by atoms with Gasteiger partial charge in [-0.1, -0.05) is 5.16 Å². The summed E-state index contributed by atoms with van der Waals surface area (Å²) in [6.07, 6.45) is 2.38. The van der Waals surface area contributed by atoms with Crippen LogP contribution in [0.5, 0.6) is 0 Å². The Morgan fingerprint density at radius 1 is 1.19 bits per heavy atom. The molecule has 0 N–H and O–H groups in total. The lowest BCUT2D eigenvalue weighted by Gasteiger charge is -2.06. The van der Waals surface area contributed by atoms with Gasteiger partial charge in [-0.15, -0.1) is 0 Å². The van der Waals surface area contributed by atoms with Crippen molar-refractivity contribution < 1.29 is 22.1 Å². The van der Waals surface area contributed by atoms with Crippen molar-refractivity contribution in [1.29, 1.82) is 0 Å². The molecule has 7 nitrogen and oxygen atoms in total. The zero-order valence-electron chi connectivity index (χ0n) is 14.1. The summed E-state index contributed by atoms with van der Waals surface area (Å²) in [5.74, 6) is 0.0130. The lowest BCUT2D eigenvalue weighted by Crippen LogP contribution is -2.05. The molecule has 2 aromatic heterocycles. The first-order valence-electron chi connectivity index (χ1n) is 7.76. The van der Waals surface area contributed by atoms with Crippen LogP contribution in [0.15, 0.2) is 46.2 Å². The zero-order valence-corrected chi connectivity index (χ0v) is 15.0. The lowest BCUT2D eigenvalue weighted by molar-refractivity contribution is 0.113. The van der Waals surface area contributed by atoms with Gasteiger partial charge < -0.3 is 9.26 Å². The van der Waals surface area contributed by atoms with Gasteiger partial charge in [0.15, 0.2) is 5.76 Å². The van der Waals surface area contributed by atoms with E-state index in [1.807, 2.05) is 6.92 Å². The number of hydrogen-bond donors (Lipinski definition) is 0. The van der Waals surface area contributed by atoms with Gasteiger partial charge in [0.1, 0.15) is 18.1 Å². The molecule has 0 saturated carbocycles. The van der Waals surface area contributed by atoms with Crippen molar-refractivity contribution in [3.8, 4) is 22.5 Å². The van der Waals surface area contributed by atoms with Crippen LogP contribution in [0, 0.1) is 5.82 Å².